The van der Waals surface area contributed by atoms with Gasteiger partial charge < -0.3 is 26.0 Å². The van der Waals surface area contributed by atoms with Crippen LogP contribution in [0, 0.1) is 5.92 Å². The molecule has 1 aliphatic rings. The van der Waals surface area contributed by atoms with Crippen molar-refractivity contribution in [1.82, 2.24) is 36.2 Å². The van der Waals surface area contributed by atoms with E-state index < -0.39 is 48.1 Å². The Morgan fingerprint density at radius 1 is 0.951 bits per heavy atom. The summed E-state index contributed by atoms with van der Waals surface area (Å²) in [6, 6.07) is 6.10. The Kier molecular flexibility index (Phi) is 11.3. The largest absolute Gasteiger partial charge is 0.481 e. The minimum absolute atomic E-state index is 0.190. The fourth-order valence-electron chi connectivity index (χ4n) is 4.36. The molecule has 4 N–H and O–H groups in total. The second-order valence-electron chi connectivity index (χ2n) is 10.4. The second kappa shape index (κ2) is 14.9. The second-order valence-corrected chi connectivity index (χ2v) is 10.4. The number of tetrazole rings is 1. The molecule has 0 saturated carbocycles. The van der Waals surface area contributed by atoms with E-state index in [4.69, 9.17) is 0 Å². The fraction of sp³-hybridized carbons (Fsp3) is 0.556. The number of nitrogens with one attached hydrogen (secondary N) is 3. The van der Waals surface area contributed by atoms with Crippen molar-refractivity contribution in [2.24, 2.45) is 5.92 Å². The lowest BCUT2D eigenvalue weighted by Crippen LogP contribution is -2.56. The minimum atomic E-state index is -1.38. The molecule has 2 heterocycles. The third kappa shape index (κ3) is 9.65. The van der Waals surface area contributed by atoms with E-state index in [1.165, 1.54) is 6.92 Å². The van der Waals surface area contributed by atoms with Crippen LogP contribution < -0.4 is 20.9 Å². The molecule has 0 radical (unpaired) electrons. The van der Waals surface area contributed by atoms with Gasteiger partial charge in [0.05, 0.1) is 6.42 Å². The molecule has 3 amide bonds. The van der Waals surface area contributed by atoms with Gasteiger partial charge in [-0.05, 0) is 42.9 Å². The summed E-state index contributed by atoms with van der Waals surface area (Å²) in [5.74, 6) is -3.43. The summed E-state index contributed by atoms with van der Waals surface area (Å²) < 4.78 is 0. The van der Waals surface area contributed by atoms with Crippen molar-refractivity contribution in [1.29, 1.82) is 0 Å². The Balaban J connectivity index is 1.54. The highest BCUT2D eigenvalue weighted by atomic mass is 16.4. The summed E-state index contributed by atoms with van der Waals surface area (Å²) in [4.78, 5) is 65.6. The third-order valence-corrected chi connectivity index (χ3v) is 6.71. The van der Waals surface area contributed by atoms with Gasteiger partial charge in [-0.15, -0.1) is 5.10 Å². The van der Waals surface area contributed by atoms with E-state index in [9.17, 15) is 29.1 Å². The first-order valence-electron chi connectivity index (χ1n) is 13.7. The number of carbonyl (C=O) groups is 5. The summed E-state index contributed by atoms with van der Waals surface area (Å²) in [5, 5.41) is 29.0. The van der Waals surface area contributed by atoms with Gasteiger partial charge in [0.1, 0.15) is 24.7 Å². The number of benzene rings is 1. The predicted octanol–water partition coefficient (Wildman–Crippen LogP) is 0.0802. The molecule has 3 atom stereocenters. The third-order valence-electron chi connectivity index (χ3n) is 6.71. The van der Waals surface area contributed by atoms with E-state index in [2.05, 4.69) is 31.4 Å². The first-order valence-corrected chi connectivity index (χ1v) is 13.7. The van der Waals surface area contributed by atoms with Gasteiger partial charge >= 0.3 is 5.97 Å². The van der Waals surface area contributed by atoms with Crippen LogP contribution in [0.4, 0.5) is 5.95 Å². The van der Waals surface area contributed by atoms with E-state index in [-0.39, 0.29) is 24.8 Å². The topological polar surface area (TPSA) is 189 Å². The zero-order valence-electron chi connectivity index (χ0n) is 23.6. The molecule has 1 saturated heterocycles. The molecule has 1 aliphatic heterocycles. The van der Waals surface area contributed by atoms with Crippen LogP contribution in [0.5, 0.6) is 0 Å². The number of aromatic nitrogens is 4. The first kappa shape index (κ1) is 31.2. The average Bonchev–Trinajstić information content (AvgIpc) is 3.62. The molecule has 3 rings (SSSR count). The Morgan fingerprint density at radius 2 is 1.63 bits per heavy atom. The van der Waals surface area contributed by atoms with Crippen LogP contribution in [-0.4, -0.2) is 86.0 Å². The molecule has 14 nitrogen and oxygen atoms in total. The Bertz CT molecular complexity index is 1210. The number of amides is 3. The van der Waals surface area contributed by atoms with Gasteiger partial charge in [-0.25, -0.2) is 0 Å². The molecule has 1 unspecified atom stereocenters. The van der Waals surface area contributed by atoms with E-state index in [1.54, 1.807) is 13.8 Å². The van der Waals surface area contributed by atoms with Crippen LogP contribution in [0.2, 0.25) is 0 Å². The summed E-state index contributed by atoms with van der Waals surface area (Å²) in [6.07, 6.45) is 2.06. The van der Waals surface area contributed by atoms with E-state index in [0.717, 1.165) is 36.3 Å². The van der Waals surface area contributed by atoms with Crippen LogP contribution in [-0.2, 0) is 36.9 Å². The summed E-state index contributed by atoms with van der Waals surface area (Å²) in [6.45, 7) is 6.13. The number of aryl methyl sites for hydroxylation is 1. The molecule has 222 valence electrons. The highest BCUT2D eigenvalue weighted by Crippen LogP contribution is 2.14. The van der Waals surface area contributed by atoms with Crippen molar-refractivity contribution in [3.63, 3.8) is 0 Å². The van der Waals surface area contributed by atoms with Crippen molar-refractivity contribution in [3.05, 3.63) is 35.9 Å². The lowest BCUT2D eigenvalue weighted by Gasteiger charge is -2.25. The van der Waals surface area contributed by atoms with Gasteiger partial charge in [0.15, 0.2) is 5.78 Å². The normalized spacial score (nSPS) is 15.2. The zero-order valence-corrected chi connectivity index (χ0v) is 23.6. The number of ketones is 1. The molecule has 1 fully saturated rings. The molecule has 0 bridgehead atoms. The van der Waals surface area contributed by atoms with Gasteiger partial charge in [-0.1, -0.05) is 49.3 Å². The van der Waals surface area contributed by atoms with Gasteiger partial charge in [0.25, 0.3) is 5.95 Å². The van der Waals surface area contributed by atoms with E-state index >= 15 is 0 Å². The maximum atomic E-state index is 13.0. The van der Waals surface area contributed by atoms with Crippen molar-refractivity contribution >= 4 is 35.4 Å². The van der Waals surface area contributed by atoms with Crippen LogP contribution in [0.25, 0.3) is 0 Å². The molecular formula is C27H38N8O6. The van der Waals surface area contributed by atoms with E-state index in [0.29, 0.717) is 12.4 Å². The van der Waals surface area contributed by atoms with Gasteiger partial charge in [-0.2, -0.15) is 4.80 Å². The van der Waals surface area contributed by atoms with Crippen LogP contribution in [0.3, 0.4) is 0 Å². The molecule has 2 aromatic rings. The number of Topliss-reactive ketones (excluding diaryl/α,β-unsaturated/α-hetero) is 1. The number of rotatable bonds is 15. The Labute approximate surface area is 238 Å². The summed E-state index contributed by atoms with van der Waals surface area (Å²) >= 11 is 0. The van der Waals surface area contributed by atoms with Crippen LogP contribution in [0.15, 0.2) is 30.3 Å². The molecular weight excluding hydrogens is 532 g/mol. The van der Waals surface area contributed by atoms with Gasteiger partial charge in [0, 0.05) is 19.5 Å². The number of anilines is 1. The highest BCUT2D eigenvalue weighted by molar-refractivity contribution is 5.95. The number of hydrogen-bond acceptors (Lipinski definition) is 9. The summed E-state index contributed by atoms with van der Waals surface area (Å²) in [7, 11) is 0. The van der Waals surface area contributed by atoms with E-state index in [1.807, 2.05) is 35.2 Å². The molecule has 0 aliphatic carbocycles. The fourth-order valence-corrected chi connectivity index (χ4v) is 4.36. The smallest absolute Gasteiger partial charge is 0.305 e. The molecule has 1 aromatic carbocycles. The van der Waals surface area contributed by atoms with Crippen molar-refractivity contribution in [2.45, 2.75) is 77.5 Å². The molecule has 41 heavy (non-hydrogen) atoms. The lowest BCUT2D eigenvalue weighted by molar-refractivity contribution is -0.140. The predicted molar refractivity (Wildman–Crippen MR) is 148 cm³/mol. The van der Waals surface area contributed by atoms with Crippen LogP contribution >= 0.6 is 0 Å². The quantitative estimate of drug-likeness (QED) is 0.228. The summed E-state index contributed by atoms with van der Waals surface area (Å²) in [5.41, 5.74) is 0.996. The Morgan fingerprint density at radius 3 is 2.27 bits per heavy atom. The van der Waals surface area contributed by atoms with Gasteiger partial charge in [-0.3, -0.25) is 24.0 Å². The molecule has 1 aromatic heterocycles. The standard InChI is InChI=1S/C27H38N8O6/c1-17(2)24(30-22(37)12-11-19-9-5-4-6-10-19)26(41)28-18(3)25(40)29-20(15-23(38)39)21(36)16-35-32-27(31-33-35)34-13-7-8-14-34/h4-6,9-10,17-18,20,24H,7-8,11-16H2,1-3H3,(H,28,41)(H,29,40)(H,30,37)(H,38,39)/t18-,20?,24-/m0/s1. The maximum Gasteiger partial charge on any atom is 0.305 e. The minimum Gasteiger partial charge on any atom is -0.481 e. The number of carboxylic acid groups (broad SMARTS) is 1. The van der Waals surface area contributed by atoms with Gasteiger partial charge in [0.2, 0.25) is 17.7 Å². The van der Waals surface area contributed by atoms with Crippen molar-refractivity contribution < 1.29 is 29.1 Å². The number of aliphatic carboxylic acids is 1. The Hall–Kier alpha value is -4.36. The number of hydrogen-bond donors (Lipinski definition) is 4. The average molecular weight is 571 g/mol. The number of nitrogens with zero attached hydrogens (tertiary/aromatic N) is 5. The van der Waals surface area contributed by atoms with Crippen molar-refractivity contribution in [3.8, 4) is 0 Å². The highest BCUT2D eigenvalue weighted by Gasteiger charge is 2.30. The SMILES string of the molecule is CC(C)[C@H](NC(=O)CCc1ccccc1)C(=O)N[C@@H](C)C(=O)NC(CC(=O)O)C(=O)Cn1nnc(N2CCCC2)n1. The first-order chi connectivity index (χ1) is 19.5. The number of carboxylic acids is 1. The molecule has 0 spiro atoms. The van der Waals surface area contributed by atoms with Crippen LogP contribution in [0.1, 0.15) is 52.0 Å². The zero-order chi connectivity index (χ0) is 29.9. The van der Waals surface area contributed by atoms with Crippen molar-refractivity contribution in [2.75, 3.05) is 18.0 Å². The monoisotopic (exact) mass is 570 g/mol. The maximum absolute atomic E-state index is 13.0. The lowest BCUT2D eigenvalue weighted by atomic mass is 10.0. The molecule has 14 heteroatoms. The number of carbonyl (C=O) groups excluding carboxylic acids is 4.